The van der Waals surface area contributed by atoms with Crippen LogP contribution >= 0.6 is 0 Å². The molecular formula is C16H17N3. The average molecular weight is 251 g/mol. The van der Waals surface area contributed by atoms with E-state index in [1.54, 1.807) is 0 Å². The van der Waals surface area contributed by atoms with E-state index in [2.05, 4.69) is 23.5 Å². The summed E-state index contributed by atoms with van der Waals surface area (Å²) in [4.78, 5) is 0. The molecule has 0 spiro atoms. The highest BCUT2D eigenvalue weighted by atomic mass is 14.9. The largest absolute Gasteiger partial charge is 0.381 e. The number of nitrogens with two attached hydrogens (primary N) is 1. The molecule has 0 bridgehead atoms. The third-order valence-corrected chi connectivity index (χ3v) is 3.10. The molecule has 0 amide bonds. The Morgan fingerprint density at radius 1 is 1.11 bits per heavy atom. The van der Waals surface area contributed by atoms with Crippen LogP contribution < -0.4 is 11.1 Å². The van der Waals surface area contributed by atoms with Crippen molar-refractivity contribution in [1.29, 1.82) is 5.26 Å². The van der Waals surface area contributed by atoms with Gasteiger partial charge in [0.05, 0.1) is 11.6 Å². The van der Waals surface area contributed by atoms with E-state index in [4.69, 9.17) is 11.0 Å². The lowest BCUT2D eigenvalue weighted by atomic mass is 10.1. The smallest absolute Gasteiger partial charge is 0.0994 e. The summed E-state index contributed by atoms with van der Waals surface area (Å²) in [6.45, 7) is 3.28. The van der Waals surface area contributed by atoms with Gasteiger partial charge in [0, 0.05) is 18.8 Å². The number of rotatable bonds is 4. The molecule has 0 aliphatic heterocycles. The number of nitriles is 1. The fourth-order valence-corrected chi connectivity index (χ4v) is 1.90. The summed E-state index contributed by atoms with van der Waals surface area (Å²) in [5.74, 6) is 0. The first-order chi connectivity index (χ1) is 9.22. The van der Waals surface area contributed by atoms with Crippen LogP contribution in [0.3, 0.4) is 0 Å². The Kier molecular flexibility index (Phi) is 4.17. The standard InChI is InChI=1S/C16H17N3/c1-12-8-16(7-6-15(12)10-18)19-11-14-4-2-13(9-17)3-5-14/h2-8,19H,9,11,17H2,1H3. The lowest BCUT2D eigenvalue weighted by Gasteiger charge is -2.08. The fourth-order valence-electron chi connectivity index (χ4n) is 1.90. The molecule has 0 atom stereocenters. The molecule has 0 unspecified atom stereocenters. The number of benzene rings is 2. The Morgan fingerprint density at radius 3 is 2.37 bits per heavy atom. The SMILES string of the molecule is Cc1cc(NCc2ccc(CN)cc2)ccc1C#N. The van der Waals surface area contributed by atoms with Gasteiger partial charge in [0.2, 0.25) is 0 Å². The first-order valence-corrected chi connectivity index (χ1v) is 6.25. The van der Waals surface area contributed by atoms with E-state index in [0.29, 0.717) is 6.54 Å². The lowest BCUT2D eigenvalue weighted by molar-refractivity contribution is 1.06. The molecule has 0 heterocycles. The van der Waals surface area contributed by atoms with Crippen LogP contribution in [0.15, 0.2) is 42.5 Å². The number of aryl methyl sites for hydroxylation is 1. The first-order valence-electron chi connectivity index (χ1n) is 6.25. The van der Waals surface area contributed by atoms with Crippen LogP contribution in [0, 0.1) is 18.3 Å². The zero-order valence-corrected chi connectivity index (χ0v) is 11.0. The predicted molar refractivity (Wildman–Crippen MR) is 77.6 cm³/mol. The Balaban J connectivity index is 2.02. The molecule has 3 N–H and O–H groups in total. The Hall–Kier alpha value is -2.31. The van der Waals surface area contributed by atoms with Gasteiger partial charge in [0.15, 0.2) is 0 Å². The van der Waals surface area contributed by atoms with Crippen molar-refractivity contribution in [2.75, 3.05) is 5.32 Å². The van der Waals surface area contributed by atoms with Crippen LogP contribution in [0.4, 0.5) is 5.69 Å². The lowest BCUT2D eigenvalue weighted by Crippen LogP contribution is -2.01. The van der Waals surface area contributed by atoms with Crippen LogP contribution in [-0.2, 0) is 13.1 Å². The quantitative estimate of drug-likeness (QED) is 0.878. The average Bonchev–Trinajstić information content (AvgIpc) is 2.46. The minimum absolute atomic E-state index is 0.572. The normalized spacial score (nSPS) is 9.95. The highest BCUT2D eigenvalue weighted by Crippen LogP contribution is 2.15. The second-order valence-electron chi connectivity index (χ2n) is 4.52. The van der Waals surface area contributed by atoms with E-state index in [9.17, 15) is 0 Å². The molecule has 2 aromatic carbocycles. The number of hydrogen-bond acceptors (Lipinski definition) is 3. The maximum absolute atomic E-state index is 8.89. The van der Waals surface area contributed by atoms with Gasteiger partial charge >= 0.3 is 0 Å². The molecule has 0 aliphatic rings. The van der Waals surface area contributed by atoms with Crippen molar-refractivity contribution >= 4 is 5.69 Å². The van der Waals surface area contributed by atoms with Crippen molar-refractivity contribution < 1.29 is 0 Å². The van der Waals surface area contributed by atoms with Crippen molar-refractivity contribution in [3.63, 3.8) is 0 Å². The van der Waals surface area contributed by atoms with Gasteiger partial charge in [-0.2, -0.15) is 5.26 Å². The first kappa shape index (κ1) is 13.1. The van der Waals surface area contributed by atoms with E-state index in [1.165, 1.54) is 5.56 Å². The van der Waals surface area contributed by atoms with Gasteiger partial charge in [0.25, 0.3) is 0 Å². The Bertz CT molecular complexity index is 594. The second-order valence-corrected chi connectivity index (χ2v) is 4.52. The molecule has 0 fully saturated rings. The van der Waals surface area contributed by atoms with E-state index in [0.717, 1.165) is 28.9 Å². The third kappa shape index (κ3) is 3.34. The Labute approximate surface area is 113 Å². The van der Waals surface area contributed by atoms with Gasteiger partial charge in [-0.3, -0.25) is 0 Å². The maximum atomic E-state index is 8.89. The van der Waals surface area contributed by atoms with E-state index < -0.39 is 0 Å². The number of nitrogens with zero attached hydrogens (tertiary/aromatic N) is 1. The summed E-state index contributed by atoms with van der Waals surface area (Å²) >= 11 is 0. The topological polar surface area (TPSA) is 61.8 Å². The molecule has 2 aromatic rings. The Morgan fingerprint density at radius 2 is 1.79 bits per heavy atom. The number of anilines is 1. The van der Waals surface area contributed by atoms with E-state index >= 15 is 0 Å². The summed E-state index contributed by atoms with van der Waals surface area (Å²) in [7, 11) is 0. The van der Waals surface area contributed by atoms with Crippen LogP contribution in [0.1, 0.15) is 22.3 Å². The van der Waals surface area contributed by atoms with E-state index in [1.807, 2.05) is 37.3 Å². The second kappa shape index (κ2) is 6.03. The maximum Gasteiger partial charge on any atom is 0.0994 e. The van der Waals surface area contributed by atoms with Gasteiger partial charge in [-0.05, 0) is 41.8 Å². The van der Waals surface area contributed by atoms with Crippen LogP contribution in [0.25, 0.3) is 0 Å². The highest BCUT2D eigenvalue weighted by Gasteiger charge is 1.99. The minimum atomic E-state index is 0.572. The summed E-state index contributed by atoms with van der Waals surface area (Å²) in [5, 5.41) is 12.2. The summed E-state index contributed by atoms with van der Waals surface area (Å²) in [6, 6.07) is 16.2. The highest BCUT2D eigenvalue weighted by molar-refractivity contribution is 5.51. The molecule has 0 saturated carbocycles. The van der Waals surface area contributed by atoms with Gasteiger partial charge in [-0.1, -0.05) is 24.3 Å². The van der Waals surface area contributed by atoms with Crippen molar-refractivity contribution in [2.24, 2.45) is 5.73 Å². The molecule has 0 aromatic heterocycles. The van der Waals surface area contributed by atoms with E-state index in [-0.39, 0.29) is 0 Å². The minimum Gasteiger partial charge on any atom is -0.381 e. The van der Waals surface area contributed by atoms with Crippen LogP contribution in [0.2, 0.25) is 0 Å². The summed E-state index contributed by atoms with van der Waals surface area (Å²) in [5.41, 5.74) is 10.7. The zero-order valence-electron chi connectivity index (χ0n) is 11.0. The van der Waals surface area contributed by atoms with Crippen molar-refractivity contribution in [3.8, 4) is 6.07 Å². The van der Waals surface area contributed by atoms with Gasteiger partial charge in [-0.25, -0.2) is 0 Å². The molecular weight excluding hydrogens is 234 g/mol. The molecule has 0 aliphatic carbocycles. The summed E-state index contributed by atoms with van der Waals surface area (Å²) in [6.07, 6.45) is 0. The zero-order chi connectivity index (χ0) is 13.7. The molecule has 3 heteroatoms. The third-order valence-electron chi connectivity index (χ3n) is 3.10. The van der Waals surface area contributed by atoms with Crippen LogP contribution in [0.5, 0.6) is 0 Å². The van der Waals surface area contributed by atoms with Crippen molar-refractivity contribution in [2.45, 2.75) is 20.0 Å². The van der Waals surface area contributed by atoms with Crippen molar-refractivity contribution in [3.05, 3.63) is 64.7 Å². The number of hydrogen-bond donors (Lipinski definition) is 2. The molecule has 0 radical (unpaired) electrons. The molecule has 0 saturated heterocycles. The molecule has 96 valence electrons. The summed E-state index contributed by atoms with van der Waals surface area (Å²) < 4.78 is 0. The van der Waals surface area contributed by atoms with Gasteiger partial charge in [0.1, 0.15) is 0 Å². The monoisotopic (exact) mass is 251 g/mol. The van der Waals surface area contributed by atoms with Gasteiger partial charge < -0.3 is 11.1 Å². The van der Waals surface area contributed by atoms with Gasteiger partial charge in [-0.15, -0.1) is 0 Å². The molecule has 3 nitrogen and oxygen atoms in total. The predicted octanol–water partition coefficient (Wildman–Crippen LogP) is 2.94. The molecule has 2 rings (SSSR count). The van der Waals surface area contributed by atoms with Crippen LogP contribution in [-0.4, -0.2) is 0 Å². The fraction of sp³-hybridized carbons (Fsp3) is 0.188. The number of nitrogens with one attached hydrogen (secondary N) is 1. The molecule has 19 heavy (non-hydrogen) atoms. The van der Waals surface area contributed by atoms with Crippen molar-refractivity contribution in [1.82, 2.24) is 0 Å².